The number of nitrogens with zero attached hydrogens (tertiary/aromatic N) is 6. The Balaban J connectivity index is 1.11. The lowest BCUT2D eigenvalue weighted by molar-refractivity contribution is -0.149. The molecule has 0 spiro atoms. The van der Waals surface area contributed by atoms with E-state index in [0.29, 0.717) is 76.3 Å². The first-order chi connectivity index (χ1) is 65.3. The molecule has 3 aromatic heterocycles. The van der Waals surface area contributed by atoms with Crippen molar-refractivity contribution in [1.29, 1.82) is 5.41 Å². The molecule has 44 nitrogen and oxygen atoms in total. The van der Waals surface area contributed by atoms with Crippen LogP contribution in [-0.2, 0) is 107 Å². The van der Waals surface area contributed by atoms with E-state index in [1.165, 1.54) is 69.8 Å². The maximum absolute atomic E-state index is 15.8. The highest BCUT2D eigenvalue weighted by Crippen LogP contribution is 2.28. The molecule has 3 aliphatic rings. The summed E-state index contributed by atoms with van der Waals surface area (Å²) < 4.78 is 0. The van der Waals surface area contributed by atoms with Gasteiger partial charge in [-0.1, -0.05) is 102 Å². The summed E-state index contributed by atoms with van der Waals surface area (Å²) in [5.74, 6) is -17.8. The predicted octanol–water partition coefficient (Wildman–Crippen LogP) is -2.54. The third kappa shape index (κ3) is 30.1. The molecule has 1 unspecified atom stereocenters. The number of aromatic amines is 3. The number of rotatable bonds is 27. The van der Waals surface area contributed by atoms with Crippen LogP contribution in [0.5, 0.6) is 5.75 Å². The van der Waals surface area contributed by atoms with Gasteiger partial charge in [0.25, 0.3) is 0 Å². The number of phenols is 1. The number of H-pyrrole nitrogens is 3. The van der Waals surface area contributed by atoms with Crippen LogP contribution in [0.15, 0.2) is 97.7 Å². The highest BCUT2D eigenvalue weighted by Gasteiger charge is 2.47. The Hall–Kier alpha value is -13.7. The normalized spacial score (nSPS) is 24.6. The van der Waals surface area contributed by atoms with Crippen LogP contribution in [-0.4, -0.2) is 322 Å². The van der Waals surface area contributed by atoms with Gasteiger partial charge in [0.1, 0.15) is 90.3 Å². The molecule has 24 N–H and O–H groups in total. The van der Waals surface area contributed by atoms with Crippen molar-refractivity contribution in [2.75, 3.05) is 65.4 Å². The van der Waals surface area contributed by atoms with E-state index in [9.17, 15) is 58.5 Å². The molecule has 6 heterocycles. The lowest BCUT2D eigenvalue weighted by atomic mass is 10.00. The third-order valence-corrected chi connectivity index (χ3v) is 25.7. The number of aromatic hydroxyl groups is 1. The second-order valence-corrected chi connectivity index (χ2v) is 36.3. The van der Waals surface area contributed by atoms with E-state index in [-0.39, 0.29) is 95.4 Å². The maximum atomic E-state index is 15.8. The number of hydrogen-bond donors (Lipinski definition) is 21. The standard InChI is InChI=1S/C92H130N24O20S/c1-9-11-24-71-84(129)104-62(23-17-33-98-92(95)96)80(125)111-70(79(124)101-44-76(94)121)47-137-48-77(122)103-66(35-52-28-30-56(118)31-29-52)87(132)112(6)51(5)78(123)108-68(40-75(93)120)90(135)116-45-57(119)39-74(116)86(131)107-65(38-55-43-97-49-102-55)82(127)105-63(32-27-50(3)4)89(134)115-34-18-26-72(115)85(130)106-64(36-53-41-99-60-21-15-13-19-58(53)60)81(126)110-69(46-117)83(128)109-67(37-54-42-100-61-22-16-14-20-59(54)61)88(133)114(8)73(25-12-10-2)91(136)113(71)7/h13-16,19-22,28-31,41-43,49-51,57,62-74,99-100,117-119H,9-12,17-18,23-27,32-40,44-48H2,1-8H3,(H2,93,120)(H2,94,121)(H,97,102)(H,101,124)(H,103,122)(H,104,129)(H,105,127)(H,106,130)(H,107,131)(H,108,123)(H,109,128)(H,110,126)(H,111,125)(H4,95,96,98)/t51-,57+,62-,63-,64-,65-,66-,67-,68-,69-,70?,71-,72-,73-,74-/m0/s1. The zero-order valence-corrected chi connectivity index (χ0v) is 79.1. The van der Waals surface area contributed by atoms with Gasteiger partial charge in [0.15, 0.2) is 5.96 Å². The molecule has 744 valence electrons. The fourth-order valence-electron chi connectivity index (χ4n) is 16.9. The van der Waals surface area contributed by atoms with Crippen molar-refractivity contribution in [2.24, 2.45) is 23.1 Å². The molecule has 17 amide bonds. The monoisotopic (exact) mass is 1920 g/mol. The van der Waals surface area contributed by atoms with Crippen LogP contribution in [0, 0.1) is 11.3 Å². The number of benzene rings is 3. The number of aliphatic hydroxyl groups is 2. The lowest BCUT2D eigenvalue weighted by Gasteiger charge is -2.36. The second kappa shape index (κ2) is 51.3. The number of carbonyl (C=O) groups excluding carboxylic acids is 17. The fraction of sp³-hybridized carbons (Fsp3) is 0.533. The molecule has 3 aromatic carbocycles. The molecular formula is C92H130N24O20S. The average Bonchev–Trinajstić information content (AvgIpc) is 1.76. The number of primary amides is 2. The van der Waals surface area contributed by atoms with E-state index in [2.05, 4.69) is 78.4 Å². The van der Waals surface area contributed by atoms with Crippen molar-refractivity contribution in [3.8, 4) is 5.75 Å². The maximum Gasteiger partial charge on any atom is 0.246 e. The number of unbranched alkanes of at least 4 members (excludes halogenated alkanes) is 2. The van der Waals surface area contributed by atoms with Gasteiger partial charge in [-0.2, -0.15) is 0 Å². The average molecular weight is 1920 g/mol. The Morgan fingerprint density at radius 1 is 0.547 bits per heavy atom. The molecule has 15 atom stereocenters. The smallest absolute Gasteiger partial charge is 0.246 e. The summed E-state index contributed by atoms with van der Waals surface area (Å²) in [4.78, 5) is 270. The summed E-state index contributed by atoms with van der Waals surface area (Å²) in [5, 5.41) is 71.1. The Morgan fingerprint density at radius 2 is 1.09 bits per heavy atom. The zero-order valence-electron chi connectivity index (χ0n) is 78.3. The first kappa shape index (κ1) is 107. The molecule has 0 saturated carbocycles. The third-order valence-electron chi connectivity index (χ3n) is 24.6. The number of aromatic nitrogens is 4. The first-order valence-electron chi connectivity index (χ1n) is 46.1. The van der Waals surface area contributed by atoms with Crippen molar-refractivity contribution in [2.45, 2.75) is 241 Å². The van der Waals surface area contributed by atoms with E-state index in [0.717, 1.165) is 31.4 Å². The van der Waals surface area contributed by atoms with Gasteiger partial charge in [-0.25, -0.2) is 4.98 Å². The minimum atomic E-state index is -1.89. The molecule has 9 rings (SSSR count). The van der Waals surface area contributed by atoms with Gasteiger partial charge in [-0.3, -0.25) is 86.9 Å². The number of imidazole rings is 1. The van der Waals surface area contributed by atoms with Gasteiger partial charge in [-0.15, -0.1) is 11.8 Å². The topological polar surface area (TPSA) is 662 Å². The number of para-hydroxylation sites is 2. The molecule has 137 heavy (non-hydrogen) atoms. The molecule has 0 bridgehead atoms. The first-order valence-corrected chi connectivity index (χ1v) is 47.2. The molecule has 45 heteroatoms. The van der Waals surface area contributed by atoms with Crippen LogP contribution in [0.1, 0.15) is 147 Å². The molecule has 3 aliphatic heterocycles. The molecule has 6 aromatic rings. The molecule has 0 aliphatic carbocycles. The number of phenolic OH excluding ortho intramolecular Hbond substituents is 1. The molecule has 0 radical (unpaired) electrons. The van der Waals surface area contributed by atoms with E-state index in [1.54, 1.807) is 60.9 Å². The van der Waals surface area contributed by atoms with Gasteiger partial charge in [0, 0.05) is 125 Å². The Morgan fingerprint density at radius 3 is 1.69 bits per heavy atom. The summed E-state index contributed by atoms with van der Waals surface area (Å²) in [6.45, 7) is 6.27. The Bertz CT molecular complexity index is 5270. The van der Waals surface area contributed by atoms with E-state index in [4.69, 9.17) is 22.6 Å². The van der Waals surface area contributed by atoms with Crippen LogP contribution in [0.2, 0.25) is 0 Å². The number of amides is 17. The van der Waals surface area contributed by atoms with Crippen molar-refractivity contribution in [3.05, 3.63) is 120 Å². The van der Waals surface area contributed by atoms with Gasteiger partial charge in [0.05, 0.1) is 37.8 Å². The van der Waals surface area contributed by atoms with E-state index >= 15 is 38.4 Å². The highest BCUT2D eigenvalue weighted by molar-refractivity contribution is 8.00. The summed E-state index contributed by atoms with van der Waals surface area (Å²) in [6.07, 6.45) is 4.07. The molecular weight excluding hydrogens is 1790 g/mol. The van der Waals surface area contributed by atoms with E-state index < -0.39 is 241 Å². The van der Waals surface area contributed by atoms with Crippen LogP contribution in [0.3, 0.4) is 0 Å². The van der Waals surface area contributed by atoms with Crippen molar-refractivity contribution >= 4 is 140 Å². The molecule has 3 saturated heterocycles. The van der Waals surface area contributed by atoms with Crippen LogP contribution < -0.4 is 75.7 Å². The van der Waals surface area contributed by atoms with Gasteiger partial charge >= 0.3 is 0 Å². The predicted molar refractivity (Wildman–Crippen MR) is 504 cm³/mol. The van der Waals surface area contributed by atoms with Gasteiger partial charge in [-0.05, 0) is 105 Å². The van der Waals surface area contributed by atoms with Crippen molar-refractivity contribution < 1.29 is 96.8 Å². The number of aliphatic hydroxyl groups excluding tert-OH is 2. The summed E-state index contributed by atoms with van der Waals surface area (Å²) in [6, 6.07) is -2.18. The SMILES string of the molecule is CCCC[C@H]1C(=O)N(C)[C@@H](CCCC)C(=O)N[C@@H](CCCNC(=N)N)C(=O)NC(C(=O)NCC(N)=O)CSCC(=O)N[C@@H](Cc2ccc(O)cc2)C(=O)N(C)[C@@H](C)C(=O)N[C@@H](CC(N)=O)C(=O)N2C[C@H](O)C[C@H]2C(=O)N[C@@H](Cc2cnc[nH]2)C(=O)N[C@@H](CCC(C)C)C(=O)N2CCC[C@H]2C(=O)N[C@@H](Cc2c[nH]c3ccccc23)C(=O)N[C@@H](CO)C(=O)N[C@@H](Cc2c[nH]c3ccccc23)C(=O)N1C. The van der Waals surface area contributed by atoms with Crippen molar-refractivity contribution in [3.63, 3.8) is 0 Å². The minimum Gasteiger partial charge on any atom is -0.508 e. The fourth-order valence-corrected chi connectivity index (χ4v) is 17.7. The highest BCUT2D eigenvalue weighted by atomic mass is 32.2. The van der Waals surface area contributed by atoms with Crippen LogP contribution >= 0.6 is 11.8 Å². The van der Waals surface area contributed by atoms with Gasteiger partial charge in [0.2, 0.25) is 100 Å². The number of guanidine groups is 1. The van der Waals surface area contributed by atoms with Crippen molar-refractivity contribution in [1.82, 2.24) is 103 Å². The van der Waals surface area contributed by atoms with Gasteiger partial charge < -0.3 is 130 Å². The number of nitrogens with one attached hydrogen (secondary N) is 15. The minimum absolute atomic E-state index is 0.00443. The lowest BCUT2D eigenvalue weighted by Crippen LogP contribution is -2.61. The Kier molecular flexibility index (Phi) is 40.0. The zero-order chi connectivity index (χ0) is 100. The second-order valence-electron chi connectivity index (χ2n) is 35.3. The number of thioether (sulfide) groups is 1. The summed E-state index contributed by atoms with van der Waals surface area (Å²) >= 11 is 0.751. The number of fused-ring (bicyclic) bond motifs is 4. The number of carbonyl (C=O) groups is 17. The number of likely N-dealkylation sites (N-methyl/N-ethyl adjacent to an activating group) is 3. The molecule has 3 fully saturated rings. The van der Waals surface area contributed by atoms with Crippen LogP contribution in [0.25, 0.3) is 21.8 Å². The number of nitrogens with two attached hydrogens (primary N) is 3. The largest absolute Gasteiger partial charge is 0.508 e. The summed E-state index contributed by atoms with van der Waals surface area (Å²) in [7, 11) is 3.90. The quantitative estimate of drug-likeness (QED) is 0.0144. The van der Waals surface area contributed by atoms with Crippen LogP contribution in [0.4, 0.5) is 0 Å². The van der Waals surface area contributed by atoms with E-state index in [1.807, 2.05) is 27.7 Å². The Labute approximate surface area is 796 Å². The summed E-state index contributed by atoms with van der Waals surface area (Å²) in [5.41, 5.74) is 19.8. The number of hydrogen-bond acceptors (Lipinski definition) is 23.